The van der Waals surface area contributed by atoms with Crippen molar-refractivity contribution in [1.82, 2.24) is 9.78 Å². The smallest absolute Gasteiger partial charge is 0.255 e. The predicted octanol–water partition coefficient (Wildman–Crippen LogP) is 6.04. The van der Waals surface area contributed by atoms with Gasteiger partial charge in [-0.15, -0.1) is 0 Å². The summed E-state index contributed by atoms with van der Waals surface area (Å²) in [6, 6.07) is 22.4. The Morgan fingerprint density at radius 2 is 1.71 bits per heavy atom. The van der Waals surface area contributed by atoms with Crippen LogP contribution < -0.4 is 14.8 Å². The number of aryl methyl sites for hydroxylation is 1. The fourth-order valence-corrected chi connectivity index (χ4v) is 3.79. The van der Waals surface area contributed by atoms with Crippen molar-refractivity contribution in [3.63, 3.8) is 0 Å². The standard InChI is InChI=1S/C27H26ClN3O3/c1-18-26(19(2)31(30-18)16-20-6-5-9-25(15-20)33-3)29-27(32)22-8-4-7-21(14-22)17-34-24-12-10-23(28)11-13-24/h4-15H,16-17H2,1-3H3,(H,29,32). The summed E-state index contributed by atoms with van der Waals surface area (Å²) in [4.78, 5) is 13.0. The first-order chi connectivity index (χ1) is 16.4. The Hall–Kier alpha value is -3.77. The number of ether oxygens (including phenoxy) is 2. The number of carbonyl (C=O) groups is 1. The van der Waals surface area contributed by atoms with Gasteiger partial charge >= 0.3 is 0 Å². The summed E-state index contributed by atoms with van der Waals surface area (Å²) in [7, 11) is 1.65. The fraction of sp³-hybridized carbons (Fsp3) is 0.185. The molecule has 34 heavy (non-hydrogen) atoms. The Bertz CT molecular complexity index is 1300. The maximum absolute atomic E-state index is 13.0. The van der Waals surface area contributed by atoms with Gasteiger partial charge in [0.2, 0.25) is 0 Å². The molecule has 174 valence electrons. The summed E-state index contributed by atoms with van der Waals surface area (Å²) in [6.07, 6.45) is 0. The molecule has 0 spiro atoms. The SMILES string of the molecule is COc1cccc(Cn2nc(C)c(NC(=O)c3cccc(COc4ccc(Cl)cc4)c3)c2C)c1. The first-order valence-electron chi connectivity index (χ1n) is 10.9. The number of nitrogens with one attached hydrogen (secondary N) is 1. The molecule has 6 nitrogen and oxygen atoms in total. The summed E-state index contributed by atoms with van der Waals surface area (Å²) in [5.74, 6) is 1.32. The van der Waals surface area contributed by atoms with Gasteiger partial charge in [0.15, 0.2) is 0 Å². The van der Waals surface area contributed by atoms with E-state index in [1.807, 2.05) is 73.1 Å². The van der Waals surface area contributed by atoms with Crippen LogP contribution in [0.1, 0.15) is 32.9 Å². The van der Waals surface area contributed by atoms with E-state index in [0.29, 0.717) is 29.5 Å². The number of amides is 1. The molecule has 0 bridgehead atoms. The summed E-state index contributed by atoms with van der Waals surface area (Å²) in [5.41, 5.74) is 4.88. The van der Waals surface area contributed by atoms with E-state index in [1.54, 1.807) is 25.3 Å². The van der Waals surface area contributed by atoms with Crippen LogP contribution in [-0.4, -0.2) is 22.8 Å². The number of rotatable bonds is 8. The van der Waals surface area contributed by atoms with Gasteiger partial charge in [-0.05, 0) is 73.5 Å². The normalized spacial score (nSPS) is 10.7. The van der Waals surface area contributed by atoms with Gasteiger partial charge in [-0.2, -0.15) is 5.10 Å². The highest BCUT2D eigenvalue weighted by atomic mass is 35.5. The van der Waals surface area contributed by atoms with Gasteiger partial charge in [0.25, 0.3) is 5.91 Å². The molecular weight excluding hydrogens is 450 g/mol. The van der Waals surface area contributed by atoms with Crippen molar-refractivity contribution in [3.8, 4) is 11.5 Å². The van der Waals surface area contributed by atoms with Crippen molar-refractivity contribution in [2.45, 2.75) is 27.0 Å². The highest BCUT2D eigenvalue weighted by Crippen LogP contribution is 2.23. The second-order valence-electron chi connectivity index (χ2n) is 7.95. The Kier molecular flexibility index (Phi) is 7.18. The minimum Gasteiger partial charge on any atom is -0.497 e. The van der Waals surface area contributed by atoms with Crippen LogP contribution in [0.3, 0.4) is 0 Å². The van der Waals surface area contributed by atoms with Crippen molar-refractivity contribution in [2.75, 3.05) is 12.4 Å². The van der Waals surface area contributed by atoms with Gasteiger partial charge in [0.05, 0.1) is 30.7 Å². The molecule has 3 aromatic carbocycles. The molecule has 1 N–H and O–H groups in total. The second kappa shape index (κ2) is 10.4. The highest BCUT2D eigenvalue weighted by molar-refractivity contribution is 6.30. The Morgan fingerprint density at radius 3 is 2.47 bits per heavy atom. The predicted molar refractivity (Wildman–Crippen MR) is 134 cm³/mol. The zero-order valence-electron chi connectivity index (χ0n) is 19.3. The van der Waals surface area contributed by atoms with Gasteiger partial charge < -0.3 is 14.8 Å². The zero-order valence-corrected chi connectivity index (χ0v) is 20.1. The average Bonchev–Trinajstić information content (AvgIpc) is 3.11. The topological polar surface area (TPSA) is 65.4 Å². The number of aromatic nitrogens is 2. The van der Waals surface area contributed by atoms with Crippen LogP contribution >= 0.6 is 11.6 Å². The van der Waals surface area contributed by atoms with E-state index in [4.69, 9.17) is 21.1 Å². The number of nitrogens with zero attached hydrogens (tertiary/aromatic N) is 2. The highest BCUT2D eigenvalue weighted by Gasteiger charge is 2.16. The number of hydrogen-bond acceptors (Lipinski definition) is 4. The van der Waals surface area contributed by atoms with Crippen molar-refractivity contribution >= 4 is 23.2 Å². The molecule has 0 fully saturated rings. The molecular formula is C27H26ClN3O3. The van der Waals surface area contributed by atoms with Gasteiger partial charge in [-0.25, -0.2) is 0 Å². The van der Waals surface area contributed by atoms with Gasteiger partial charge in [-0.1, -0.05) is 35.9 Å². The molecule has 0 aliphatic carbocycles. The third-order valence-corrected chi connectivity index (χ3v) is 5.75. The summed E-state index contributed by atoms with van der Waals surface area (Å²) in [6.45, 7) is 4.77. The third kappa shape index (κ3) is 5.58. The number of carbonyl (C=O) groups excluding carboxylic acids is 1. The molecule has 4 rings (SSSR count). The Morgan fingerprint density at radius 1 is 0.971 bits per heavy atom. The third-order valence-electron chi connectivity index (χ3n) is 5.49. The van der Waals surface area contributed by atoms with Crippen LogP contribution in [-0.2, 0) is 13.2 Å². The van der Waals surface area contributed by atoms with E-state index < -0.39 is 0 Å². The molecule has 0 aliphatic heterocycles. The van der Waals surface area contributed by atoms with Crippen LogP contribution in [0, 0.1) is 13.8 Å². The molecule has 1 aromatic heterocycles. The first-order valence-corrected chi connectivity index (χ1v) is 11.3. The van der Waals surface area contributed by atoms with E-state index >= 15 is 0 Å². The van der Waals surface area contributed by atoms with Crippen molar-refractivity contribution in [1.29, 1.82) is 0 Å². The number of methoxy groups -OCH3 is 1. The molecule has 4 aromatic rings. The Labute approximate surface area is 204 Å². The largest absolute Gasteiger partial charge is 0.497 e. The van der Waals surface area contributed by atoms with E-state index in [9.17, 15) is 4.79 Å². The lowest BCUT2D eigenvalue weighted by molar-refractivity contribution is 0.102. The lowest BCUT2D eigenvalue weighted by atomic mass is 10.1. The molecule has 0 unspecified atom stereocenters. The zero-order chi connectivity index (χ0) is 24.1. The summed E-state index contributed by atoms with van der Waals surface area (Å²) in [5, 5.41) is 8.31. The monoisotopic (exact) mass is 475 g/mol. The van der Waals surface area contributed by atoms with Crippen LogP contribution in [0.15, 0.2) is 72.8 Å². The lowest BCUT2D eigenvalue weighted by Crippen LogP contribution is -2.14. The first kappa shape index (κ1) is 23.4. The van der Waals surface area contributed by atoms with Gasteiger partial charge in [0.1, 0.15) is 18.1 Å². The molecule has 1 amide bonds. The quantitative estimate of drug-likeness (QED) is 0.337. The van der Waals surface area contributed by atoms with E-state index in [2.05, 4.69) is 10.4 Å². The van der Waals surface area contributed by atoms with Gasteiger partial charge in [0, 0.05) is 10.6 Å². The number of benzene rings is 3. The van der Waals surface area contributed by atoms with Crippen LogP contribution in [0.2, 0.25) is 5.02 Å². The van der Waals surface area contributed by atoms with Crippen LogP contribution in [0.25, 0.3) is 0 Å². The summed E-state index contributed by atoms with van der Waals surface area (Å²) >= 11 is 5.92. The van der Waals surface area contributed by atoms with Crippen molar-refractivity contribution in [2.24, 2.45) is 0 Å². The van der Waals surface area contributed by atoms with E-state index in [-0.39, 0.29) is 5.91 Å². The van der Waals surface area contributed by atoms with Crippen molar-refractivity contribution < 1.29 is 14.3 Å². The Balaban J connectivity index is 1.45. The molecule has 0 saturated carbocycles. The molecule has 0 radical (unpaired) electrons. The minimum absolute atomic E-state index is 0.194. The van der Waals surface area contributed by atoms with Crippen LogP contribution in [0.4, 0.5) is 5.69 Å². The van der Waals surface area contributed by atoms with Crippen molar-refractivity contribution in [3.05, 3.63) is 106 Å². The van der Waals surface area contributed by atoms with E-state index in [0.717, 1.165) is 34.0 Å². The van der Waals surface area contributed by atoms with Gasteiger partial charge in [-0.3, -0.25) is 9.48 Å². The molecule has 7 heteroatoms. The molecule has 0 atom stereocenters. The molecule has 1 heterocycles. The maximum Gasteiger partial charge on any atom is 0.255 e. The number of hydrogen-bond donors (Lipinski definition) is 1. The van der Waals surface area contributed by atoms with E-state index in [1.165, 1.54) is 0 Å². The molecule has 0 saturated heterocycles. The lowest BCUT2D eigenvalue weighted by Gasteiger charge is -2.10. The fourth-order valence-electron chi connectivity index (χ4n) is 3.66. The maximum atomic E-state index is 13.0. The number of anilines is 1. The minimum atomic E-state index is -0.194. The average molecular weight is 476 g/mol. The van der Waals surface area contributed by atoms with Crippen LogP contribution in [0.5, 0.6) is 11.5 Å². The summed E-state index contributed by atoms with van der Waals surface area (Å²) < 4.78 is 13.0. The second-order valence-corrected chi connectivity index (χ2v) is 8.39. The number of halogens is 1. The molecule has 0 aliphatic rings.